The van der Waals surface area contributed by atoms with Crippen LogP contribution in [0.25, 0.3) is 0 Å². The molecule has 3 heteroatoms. The molecule has 3 N–H and O–H groups in total. The molecule has 2 saturated carbocycles. The number of carbonyl (C=O) groups is 1. The molecule has 0 saturated heterocycles. The van der Waals surface area contributed by atoms with Gasteiger partial charge in [-0.1, -0.05) is 49.6 Å². The van der Waals surface area contributed by atoms with Crippen molar-refractivity contribution in [3.63, 3.8) is 0 Å². The molecule has 0 aliphatic heterocycles. The van der Waals surface area contributed by atoms with E-state index in [0.717, 1.165) is 38.6 Å². The van der Waals surface area contributed by atoms with Crippen molar-refractivity contribution in [1.29, 1.82) is 0 Å². The normalized spacial score (nSPS) is 22.5. The van der Waals surface area contributed by atoms with Crippen molar-refractivity contribution in [2.24, 2.45) is 11.1 Å². The van der Waals surface area contributed by atoms with Crippen LogP contribution >= 0.6 is 0 Å². The summed E-state index contributed by atoms with van der Waals surface area (Å²) in [5, 5.41) is 3.16. The molecule has 21 heavy (non-hydrogen) atoms. The summed E-state index contributed by atoms with van der Waals surface area (Å²) in [4.78, 5) is 12.4. The minimum Gasteiger partial charge on any atom is -0.354 e. The molecule has 1 aromatic rings. The number of hydrogen-bond donors (Lipinski definition) is 2. The Bertz CT molecular complexity index is 487. The Balaban J connectivity index is 1.58. The molecular formula is C18H26N2O. The van der Waals surface area contributed by atoms with E-state index in [2.05, 4.69) is 35.6 Å². The predicted molar refractivity (Wildman–Crippen MR) is 84.8 cm³/mol. The molecule has 0 heterocycles. The van der Waals surface area contributed by atoms with Crippen molar-refractivity contribution >= 4 is 5.91 Å². The lowest BCUT2D eigenvalue weighted by atomic mass is 9.65. The van der Waals surface area contributed by atoms with E-state index in [-0.39, 0.29) is 11.3 Å². The van der Waals surface area contributed by atoms with Crippen molar-refractivity contribution in [2.45, 2.75) is 56.9 Å². The van der Waals surface area contributed by atoms with E-state index in [4.69, 9.17) is 5.73 Å². The minimum absolute atomic E-state index is 0.0688. The van der Waals surface area contributed by atoms with E-state index in [9.17, 15) is 4.79 Å². The van der Waals surface area contributed by atoms with Crippen molar-refractivity contribution in [3.05, 3.63) is 35.9 Å². The molecule has 1 amide bonds. The van der Waals surface area contributed by atoms with Gasteiger partial charge in [0.05, 0.1) is 5.54 Å². The van der Waals surface area contributed by atoms with Gasteiger partial charge in [-0.3, -0.25) is 4.79 Å². The topological polar surface area (TPSA) is 55.1 Å². The van der Waals surface area contributed by atoms with Crippen LogP contribution in [-0.4, -0.2) is 18.0 Å². The molecule has 0 radical (unpaired) electrons. The van der Waals surface area contributed by atoms with Crippen LogP contribution in [0.1, 0.15) is 50.5 Å². The molecular weight excluding hydrogens is 260 g/mol. The number of nitrogens with one attached hydrogen (secondary N) is 1. The Hall–Kier alpha value is -1.35. The first kappa shape index (κ1) is 14.6. The lowest BCUT2D eigenvalue weighted by Gasteiger charge is -2.43. The number of benzene rings is 1. The third-order valence-corrected chi connectivity index (χ3v) is 5.41. The second-order valence-electron chi connectivity index (χ2n) is 7.06. The summed E-state index contributed by atoms with van der Waals surface area (Å²) in [7, 11) is 0. The highest BCUT2D eigenvalue weighted by molar-refractivity contribution is 5.86. The van der Waals surface area contributed by atoms with Crippen LogP contribution < -0.4 is 11.1 Å². The van der Waals surface area contributed by atoms with Crippen molar-refractivity contribution in [3.8, 4) is 0 Å². The van der Waals surface area contributed by atoms with Crippen molar-refractivity contribution in [2.75, 3.05) is 6.54 Å². The summed E-state index contributed by atoms with van der Waals surface area (Å²) in [5.41, 5.74) is 7.26. The molecule has 0 spiro atoms. The summed E-state index contributed by atoms with van der Waals surface area (Å²) in [5.74, 6) is 0.0688. The number of rotatable bonds is 5. The Morgan fingerprint density at radius 1 is 1.05 bits per heavy atom. The lowest BCUT2D eigenvalue weighted by Crippen LogP contribution is -2.55. The minimum atomic E-state index is -0.600. The summed E-state index contributed by atoms with van der Waals surface area (Å²) < 4.78 is 0. The van der Waals surface area contributed by atoms with Crippen LogP contribution in [0, 0.1) is 5.41 Å². The van der Waals surface area contributed by atoms with Gasteiger partial charge in [-0.25, -0.2) is 0 Å². The first-order valence-corrected chi connectivity index (χ1v) is 8.23. The van der Waals surface area contributed by atoms with E-state index >= 15 is 0 Å². The number of hydrogen-bond acceptors (Lipinski definition) is 2. The van der Waals surface area contributed by atoms with Gasteiger partial charge in [-0.15, -0.1) is 0 Å². The van der Waals surface area contributed by atoms with Gasteiger partial charge in [0.25, 0.3) is 0 Å². The molecule has 2 fully saturated rings. The van der Waals surface area contributed by atoms with Gasteiger partial charge in [0.15, 0.2) is 0 Å². The van der Waals surface area contributed by atoms with Gasteiger partial charge in [0.2, 0.25) is 5.91 Å². The third-order valence-electron chi connectivity index (χ3n) is 5.41. The molecule has 114 valence electrons. The highest BCUT2D eigenvalue weighted by Crippen LogP contribution is 2.43. The van der Waals surface area contributed by atoms with E-state index < -0.39 is 5.54 Å². The van der Waals surface area contributed by atoms with E-state index in [1.54, 1.807) is 0 Å². The molecule has 3 rings (SSSR count). The number of nitrogens with two attached hydrogens (primary N) is 1. The molecule has 0 atom stereocenters. The molecule has 0 aromatic heterocycles. The van der Waals surface area contributed by atoms with Gasteiger partial charge in [0, 0.05) is 6.54 Å². The fourth-order valence-corrected chi connectivity index (χ4v) is 3.80. The van der Waals surface area contributed by atoms with Crippen molar-refractivity contribution in [1.82, 2.24) is 5.32 Å². The number of carbonyl (C=O) groups excluding carboxylic acids is 1. The van der Waals surface area contributed by atoms with E-state index in [1.165, 1.54) is 24.8 Å². The molecule has 2 aliphatic carbocycles. The monoisotopic (exact) mass is 286 g/mol. The SMILES string of the molecule is NC1(C(=O)NCC2(Cc3ccccc3)CCC2)CCCC1. The van der Waals surface area contributed by atoms with Crippen LogP contribution in [0.5, 0.6) is 0 Å². The Kier molecular flexibility index (Phi) is 4.03. The summed E-state index contributed by atoms with van der Waals surface area (Å²) in [6.45, 7) is 0.777. The summed E-state index contributed by atoms with van der Waals surface area (Å²) in [6, 6.07) is 10.6. The second-order valence-corrected chi connectivity index (χ2v) is 7.06. The van der Waals surface area contributed by atoms with Gasteiger partial charge < -0.3 is 11.1 Å². The maximum atomic E-state index is 12.4. The molecule has 0 bridgehead atoms. The maximum Gasteiger partial charge on any atom is 0.240 e. The molecule has 1 aromatic carbocycles. The zero-order chi connectivity index (χ0) is 14.8. The quantitative estimate of drug-likeness (QED) is 0.874. The number of amides is 1. The Morgan fingerprint density at radius 3 is 2.29 bits per heavy atom. The van der Waals surface area contributed by atoms with Crippen LogP contribution in [0.15, 0.2) is 30.3 Å². The standard InChI is InChI=1S/C18H26N2O/c19-18(11-4-5-12-18)16(21)20-14-17(9-6-10-17)13-15-7-2-1-3-8-15/h1-3,7-8H,4-6,9-14,19H2,(H,20,21). The first-order valence-electron chi connectivity index (χ1n) is 8.23. The molecule has 3 nitrogen and oxygen atoms in total. The highest BCUT2D eigenvalue weighted by Gasteiger charge is 2.41. The largest absolute Gasteiger partial charge is 0.354 e. The van der Waals surface area contributed by atoms with Gasteiger partial charge in [-0.05, 0) is 43.1 Å². The van der Waals surface area contributed by atoms with Gasteiger partial charge in [0.1, 0.15) is 0 Å². The zero-order valence-corrected chi connectivity index (χ0v) is 12.7. The van der Waals surface area contributed by atoms with Crippen molar-refractivity contribution < 1.29 is 4.79 Å². The van der Waals surface area contributed by atoms with E-state index in [1.807, 2.05) is 0 Å². The highest BCUT2D eigenvalue weighted by atomic mass is 16.2. The maximum absolute atomic E-state index is 12.4. The fraction of sp³-hybridized carbons (Fsp3) is 0.611. The summed E-state index contributed by atoms with van der Waals surface area (Å²) >= 11 is 0. The van der Waals surface area contributed by atoms with Crippen LogP contribution in [-0.2, 0) is 11.2 Å². The van der Waals surface area contributed by atoms with Crippen LogP contribution in [0.3, 0.4) is 0 Å². The lowest BCUT2D eigenvalue weighted by molar-refractivity contribution is -0.127. The molecule has 0 unspecified atom stereocenters. The van der Waals surface area contributed by atoms with Crippen LogP contribution in [0.4, 0.5) is 0 Å². The van der Waals surface area contributed by atoms with Gasteiger partial charge >= 0.3 is 0 Å². The average molecular weight is 286 g/mol. The average Bonchev–Trinajstić information content (AvgIpc) is 2.90. The smallest absolute Gasteiger partial charge is 0.240 e. The van der Waals surface area contributed by atoms with Crippen LogP contribution in [0.2, 0.25) is 0 Å². The zero-order valence-electron chi connectivity index (χ0n) is 12.7. The van der Waals surface area contributed by atoms with Gasteiger partial charge in [-0.2, -0.15) is 0 Å². The fourth-order valence-electron chi connectivity index (χ4n) is 3.80. The predicted octanol–water partition coefficient (Wildman–Crippen LogP) is 2.79. The summed E-state index contributed by atoms with van der Waals surface area (Å²) in [6.07, 6.45) is 8.59. The second kappa shape index (κ2) is 5.80. The third kappa shape index (κ3) is 3.13. The Labute approximate surface area is 127 Å². The molecule has 2 aliphatic rings. The Morgan fingerprint density at radius 2 is 1.71 bits per heavy atom. The first-order chi connectivity index (χ1) is 10.1. The van der Waals surface area contributed by atoms with E-state index in [0.29, 0.717) is 0 Å².